The van der Waals surface area contributed by atoms with E-state index in [1.165, 1.54) is 6.07 Å². The molecule has 0 saturated carbocycles. The van der Waals surface area contributed by atoms with E-state index in [0.29, 0.717) is 30.1 Å². The van der Waals surface area contributed by atoms with Crippen molar-refractivity contribution in [2.45, 2.75) is 32.2 Å². The number of aromatic nitrogens is 1. The Balaban J connectivity index is 1.45. The molecule has 0 aliphatic carbocycles. The van der Waals surface area contributed by atoms with Crippen LogP contribution in [-0.2, 0) is 12.8 Å². The minimum atomic E-state index is -0.460. The Morgan fingerprint density at radius 2 is 2.19 bits per heavy atom. The molecule has 2 aromatic carbocycles. The summed E-state index contributed by atoms with van der Waals surface area (Å²) < 4.78 is 25.1. The topological polar surface area (TPSA) is 80.6 Å². The molecule has 2 heterocycles. The molecule has 6 nitrogen and oxygen atoms in total. The van der Waals surface area contributed by atoms with Crippen LogP contribution in [0.5, 0.6) is 11.5 Å². The Labute approximate surface area is 181 Å². The number of aryl methyl sites for hydroxylation is 1. The number of fused-ring (bicyclic) bond motifs is 2. The average molecular weight is 426 g/mol. The monoisotopic (exact) mass is 425 g/mol. The Hall–Kier alpha value is -3.06. The molecule has 4 rings (SSSR count). The molecule has 1 aliphatic rings. The molecular weight excluding hydrogens is 397 g/mol. The summed E-state index contributed by atoms with van der Waals surface area (Å²) in [5.74, 6) is 0.556. The van der Waals surface area contributed by atoms with Crippen molar-refractivity contribution in [3.05, 3.63) is 59.0 Å². The van der Waals surface area contributed by atoms with E-state index in [1.807, 2.05) is 6.20 Å². The first-order valence-electron chi connectivity index (χ1n) is 10.6. The Morgan fingerprint density at radius 1 is 1.35 bits per heavy atom. The number of amides is 1. The Kier molecular flexibility index (Phi) is 6.13. The van der Waals surface area contributed by atoms with E-state index in [9.17, 15) is 9.18 Å². The second kappa shape index (κ2) is 8.98. The first-order chi connectivity index (χ1) is 15.0. The van der Waals surface area contributed by atoms with E-state index >= 15 is 0 Å². The Bertz CT molecular complexity index is 1100. The molecule has 1 aromatic heterocycles. The van der Waals surface area contributed by atoms with Crippen molar-refractivity contribution in [3.8, 4) is 11.5 Å². The molecule has 0 unspecified atom stereocenters. The molecular formula is C24H28FN3O3. The van der Waals surface area contributed by atoms with Gasteiger partial charge in [-0.05, 0) is 68.2 Å². The number of methoxy groups -OCH3 is 1. The fraction of sp³-hybridized carbons (Fsp3) is 0.375. The summed E-state index contributed by atoms with van der Waals surface area (Å²) >= 11 is 0. The first kappa shape index (κ1) is 21.2. The quantitative estimate of drug-likeness (QED) is 0.577. The highest BCUT2D eigenvalue weighted by atomic mass is 19.1. The van der Waals surface area contributed by atoms with Crippen LogP contribution in [0.25, 0.3) is 10.9 Å². The summed E-state index contributed by atoms with van der Waals surface area (Å²) in [6, 6.07) is 8.40. The fourth-order valence-corrected chi connectivity index (χ4v) is 4.50. The molecule has 3 N–H and O–H groups in total. The standard InChI is InChI=1S/C24H28FN3O3/c1-3-28(10-4-5-15-13-27-21-8-6-16(25)11-19(15)21)17-12-20-18(24(26)29)7-9-22(30-2)23(20)31-14-17/h6-9,11,13,17,27H,3-5,10,12,14H2,1-2H3,(H2,26,29)/t17-/m1/s1. The normalized spacial score (nSPS) is 15.7. The van der Waals surface area contributed by atoms with E-state index in [4.69, 9.17) is 15.2 Å². The van der Waals surface area contributed by atoms with Crippen molar-refractivity contribution >= 4 is 16.8 Å². The lowest BCUT2D eigenvalue weighted by molar-refractivity contribution is 0.0988. The van der Waals surface area contributed by atoms with Crippen LogP contribution < -0.4 is 15.2 Å². The van der Waals surface area contributed by atoms with Gasteiger partial charge in [-0.15, -0.1) is 0 Å². The maximum Gasteiger partial charge on any atom is 0.249 e. The number of hydrogen-bond donors (Lipinski definition) is 2. The van der Waals surface area contributed by atoms with Crippen molar-refractivity contribution in [2.75, 3.05) is 26.8 Å². The summed E-state index contributed by atoms with van der Waals surface area (Å²) in [4.78, 5) is 17.5. The predicted molar refractivity (Wildman–Crippen MR) is 118 cm³/mol. The van der Waals surface area contributed by atoms with E-state index in [0.717, 1.165) is 48.0 Å². The second-order valence-electron chi connectivity index (χ2n) is 7.89. The summed E-state index contributed by atoms with van der Waals surface area (Å²) in [5.41, 5.74) is 8.97. The number of nitrogens with one attached hydrogen (secondary N) is 1. The zero-order chi connectivity index (χ0) is 22.0. The highest BCUT2D eigenvalue weighted by Gasteiger charge is 2.29. The molecule has 7 heteroatoms. The Morgan fingerprint density at radius 3 is 2.94 bits per heavy atom. The summed E-state index contributed by atoms with van der Waals surface area (Å²) in [7, 11) is 1.59. The number of carbonyl (C=O) groups excluding carboxylic acids is 1. The van der Waals surface area contributed by atoms with Gasteiger partial charge < -0.3 is 20.2 Å². The smallest absolute Gasteiger partial charge is 0.249 e. The number of aromatic amines is 1. The summed E-state index contributed by atoms with van der Waals surface area (Å²) in [6.45, 7) is 4.38. The first-order valence-corrected chi connectivity index (χ1v) is 10.6. The van der Waals surface area contributed by atoms with Crippen LogP contribution in [0.1, 0.15) is 34.8 Å². The van der Waals surface area contributed by atoms with Crippen molar-refractivity contribution in [1.29, 1.82) is 0 Å². The molecule has 3 aromatic rings. The van der Waals surface area contributed by atoms with Gasteiger partial charge in [-0.1, -0.05) is 6.92 Å². The molecule has 1 aliphatic heterocycles. The zero-order valence-corrected chi connectivity index (χ0v) is 17.9. The van der Waals surface area contributed by atoms with Crippen LogP contribution in [0.15, 0.2) is 36.5 Å². The lowest BCUT2D eigenvalue weighted by atomic mass is 9.95. The van der Waals surface area contributed by atoms with Crippen molar-refractivity contribution < 1.29 is 18.7 Å². The molecule has 0 spiro atoms. The number of rotatable bonds is 8. The third kappa shape index (κ3) is 4.23. The number of carbonyl (C=O) groups is 1. The van der Waals surface area contributed by atoms with Crippen molar-refractivity contribution in [2.24, 2.45) is 5.73 Å². The van der Waals surface area contributed by atoms with Gasteiger partial charge in [0.15, 0.2) is 11.5 Å². The van der Waals surface area contributed by atoms with Crippen molar-refractivity contribution in [1.82, 2.24) is 9.88 Å². The second-order valence-corrected chi connectivity index (χ2v) is 7.89. The predicted octanol–water partition coefficient (Wildman–Crippen LogP) is 3.67. The van der Waals surface area contributed by atoms with Gasteiger partial charge in [-0.2, -0.15) is 0 Å². The van der Waals surface area contributed by atoms with Gasteiger partial charge in [0, 0.05) is 34.3 Å². The van der Waals surface area contributed by atoms with Crippen LogP contribution >= 0.6 is 0 Å². The maximum absolute atomic E-state index is 13.6. The van der Waals surface area contributed by atoms with Gasteiger partial charge in [0.2, 0.25) is 5.91 Å². The van der Waals surface area contributed by atoms with Crippen LogP contribution in [0.3, 0.4) is 0 Å². The van der Waals surface area contributed by atoms with Crippen LogP contribution in [0, 0.1) is 5.82 Å². The van der Waals surface area contributed by atoms with Gasteiger partial charge in [-0.3, -0.25) is 9.69 Å². The highest BCUT2D eigenvalue weighted by Crippen LogP contribution is 2.38. The van der Waals surface area contributed by atoms with E-state index < -0.39 is 5.91 Å². The molecule has 0 saturated heterocycles. The number of hydrogen-bond acceptors (Lipinski definition) is 4. The minimum absolute atomic E-state index is 0.142. The van der Waals surface area contributed by atoms with E-state index in [1.54, 1.807) is 31.4 Å². The van der Waals surface area contributed by atoms with Gasteiger partial charge in [0.05, 0.1) is 7.11 Å². The van der Waals surface area contributed by atoms with E-state index in [-0.39, 0.29) is 11.9 Å². The number of primary amides is 1. The lowest BCUT2D eigenvalue weighted by Crippen LogP contribution is -2.44. The van der Waals surface area contributed by atoms with Gasteiger partial charge in [0.1, 0.15) is 12.4 Å². The number of halogens is 1. The fourth-order valence-electron chi connectivity index (χ4n) is 4.50. The van der Waals surface area contributed by atoms with Crippen LogP contribution in [-0.4, -0.2) is 48.6 Å². The maximum atomic E-state index is 13.6. The summed E-state index contributed by atoms with van der Waals surface area (Å²) in [5, 5.41) is 0.941. The number of H-pyrrole nitrogens is 1. The molecule has 1 amide bonds. The van der Waals surface area contributed by atoms with Crippen LogP contribution in [0.4, 0.5) is 4.39 Å². The largest absolute Gasteiger partial charge is 0.493 e. The average Bonchev–Trinajstić information content (AvgIpc) is 3.17. The third-order valence-electron chi connectivity index (χ3n) is 6.11. The molecule has 31 heavy (non-hydrogen) atoms. The molecule has 0 radical (unpaired) electrons. The van der Waals surface area contributed by atoms with Gasteiger partial charge in [-0.25, -0.2) is 4.39 Å². The van der Waals surface area contributed by atoms with Crippen molar-refractivity contribution in [3.63, 3.8) is 0 Å². The third-order valence-corrected chi connectivity index (χ3v) is 6.11. The lowest BCUT2D eigenvalue weighted by Gasteiger charge is -2.35. The molecule has 0 fully saturated rings. The van der Waals surface area contributed by atoms with E-state index in [2.05, 4.69) is 16.8 Å². The molecule has 164 valence electrons. The number of ether oxygens (including phenoxy) is 2. The number of likely N-dealkylation sites (N-methyl/N-ethyl adjacent to an activating group) is 1. The van der Waals surface area contributed by atoms with Gasteiger partial charge in [0.25, 0.3) is 0 Å². The summed E-state index contributed by atoms with van der Waals surface area (Å²) in [6.07, 6.45) is 4.43. The highest BCUT2D eigenvalue weighted by molar-refractivity contribution is 5.95. The number of nitrogens with zero attached hydrogens (tertiary/aromatic N) is 1. The number of benzene rings is 2. The zero-order valence-electron chi connectivity index (χ0n) is 17.9. The van der Waals surface area contributed by atoms with Gasteiger partial charge >= 0.3 is 0 Å². The molecule has 1 atom stereocenters. The minimum Gasteiger partial charge on any atom is -0.493 e. The van der Waals surface area contributed by atoms with Crippen LogP contribution in [0.2, 0.25) is 0 Å². The SMILES string of the molecule is CCN(CCCc1c[nH]c2ccc(F)cc12)[C@H]1COc2c(OC)ccc(C(N)=O)c2C1. The number of nitrogens with two attached hydrogens (primary N) is 1. The molecule has 0 bridgehead atoms.